The van der Waals surface area contributed by atoms with E-state index in [2.05, 4.69) is 10.3 Å². The molecular weight excluding hydrogens is 212 g/mol. The Balaban J connectivity index is 2.38. The van der Waals surface area contributed by atoms with E-state index in [0.717, 1.165) is 24.2 Å². The first-order valence-electron chi connectivity index (χ1n) is 4.71. The second kappa shape index (κ2) is 6.43. The van der Waals surface area contributed by atoms with E-state index in [4.69, 9.17) is 16.3 Å². The normalized spacial score (nSPS) is 11.5. The fourth-order valence-electron chi connectivity index (χ4n) is 1.08. The Labute approximate surface area is 95.1 Å². The molecule has 3 nitrogen and oxygen atoms in total. The van der Waals surface area contributed by atoms with Crippen LogP contribution < -0.4 is 10.1 Å². The molecule has 0 aliphatic carbocycles. The van der Waals surface area contributed by atoms with Gasteiger partial charge in [0.05, 0.1) is 7.11 Å². The van der Waals surface area contributed by atoms with E-state index in [9.17, 15) is 0 Å². The summed E-state index contributed by atoms with van der Waals surface area (Å²) in [6.45, 7) is 3.54. The van der Waals surface area contributed by atoms with Crippen LogP contribution >= 0.6 is 11.6 Å². The summed E-state index contributed by atoms with van der Waals surface area (Å²) in [6, 6.07) is 3.83. The number of nitrogens with zero attached hydrogens (tertiary/aromatic N) is 1. The van der Waals surface area contributed by atoms with E-state index in [0.29, 0.717) is 5.88 Å². The molecule has 15 heavy (non-hydrogen) atoms. The standard InChI is InChI=1S/C11H15ClN2O/c1-9(5-12)6-13-7-10-3-4-11(15-2)14-8-10/h3-5,8,13H,6-7H2,1-2H3/b9-5+. The Morgan fingerprint density at radius 1 is 1.60 bits per heavy atom. The molecule has 0 unspecified atom stereocenters. The predicted molar refractivity (Wildman–Crippen MR) is 62.1 cm³/mol. The average Bonchev–Trinajstić information content (AvgIpc) is 2.29. The van der Waals surface area contributed by atoms with Crippen LogP contribution in [-0.4, -0.2) is 18.6 Å². The molecule has 0 radical (unpaired) electrons. The molecule has 1 aromatic rings. The van der Waals surface area contributed by atoms with Crippen LogP contribution in [0.1, 0.15) is 12.5 Å². The van der Waals surface area contributed by atoms with E-state index < -0.39 is 0 Å². The highest BCUT2D eigenvalue weighted by Gasteiger charge is 1.95. The number of pyridine rings is 1. The lowest BCUT2D eigenvalue weighted by molar-refractivity contribution is 0.397. The van der Waals surface area contributed by atoms with Crippen molar-refractivity contribution in [2.75, 3.05) is 13.7 Å². The maximum Gasteiger partial charge on any atom is 0.212 e. The average molecular weight is 227 g/mol. The van der Waals surface area contributed by atoms with Crippen molar-refractivity contribution >= 4 is 11.6 Å². The SMILES string of the molecule is COc1ccc(CNC/C(C)=C/Cl)cn1. The topological polar surface area (TPSA) is 34.1 Å². The van der Waals surface area contributed by atoms with E-state index in [1.807, 2.05) is 19.1 Å². The number of nitrogens with one attached hydrogen (secondary N) is 1. The maximum absolute atomic E-state index is 5.54. The fraction of sp³-hybridized carbons (Fsp3) is 0.364. The molecule has 4 heteroatoms. The van der Waals surface area contributed by atoms with Crippen LogP contribution in [0, 0.1) is 0 Å². The van der Waals surface area contributed by atoms with Crippen molar-refractivity contribution in [2.24, 2.45) is 0 Å². The molecule has 0 aliphatic rings. The van der Waals surface area contributed by atoms with E-state index in [1.54, 1.807) is 18.8 Å². The van der Waals surface area contributed by atoms with Crippen LogP contribution in [0.4, 0.5) is 0 Å². The van der Waals surface area contributed by atoms with Gasteiger partial charge in [-0.3, -0.25) is 0 Å². The summed E-state index contributed by atoms with van der Waals surface area (Å²) >= 11 is 5.54. The first-order chi connectivity index (χ1) is 7.26. The van der Waals surface area contributed by atoms with Crippen LogP contribution in [-0.2, 0) is 6.54 Å². The van der Waals surface area contributed by atoms with Gasteiger partial charge in [0.25, 0.3) is 0 Å². The summed E-state index contributed by atoms with van der Waals surface area (Å²) < 4.78 is 4.97. The van der Waals surface area contributed by atoms with E-state index in [1.165, 1.54) is 0 Å². The minimum Gasteiger partial charge on any atom is -0.481 e. The lowest BCUT2D eigenvalue weighted by Gasteiger charge is -2.05. The fourth-order valence-corrected chi connectivity index (χ4v) is 1.16. The van der Waals surface area contributed by atoms with E-state index in [-0.39, 0.29) is 0 Å². The van der Waals surface area contributed by atoms with Gasteiger partial charge in [0.15, 0.2) is 0 Å². The lowest BCUT2D eigenvalue weighted by atomic mass is 10.2. The minimum atomic E-state index is 0.635. The largest absolute Gasteiger partial charge is 0.481 e. The summed E-state index contributed by atoms with van der Waals surface area (Å²) in [7, 11) is 1.61. The van der Waals surface area contributed by atoms with Gasteiger partial charge >= 0.3 is 0 Å². The number of methoxy groups -OCH3 is 1. The van der Waals surface area contributed by atoms with Crippen LogP contribution in [0.3, 0.4) is 0 Å². The highest BCUT2D eigenvalue weighted by atomic mass is 35.5. The molecule has 0 bridgehead atoms. The van der Waals surface area contributed by atoms with Crippen molar-refractivity contribution in [3.8, 4) is 5.88 Å². The van der Waals surface area contributed by atoms with Crippen molar-refractivity contribution < 1.29 is 4.74 Å². The monoisotopic (exact) mass is 226 g/mol. The summed E-state index contributed by atoms with van der Waals surface area (Å²) in [4.78, 5) is 4.11. The van der Waals surface area contributed by atoms with Gasteiger partial charge in [-0.15, -0.1) is 0 Å². The lowest BCUT2D eigenvalue weighted by Crippen LogP contribution is -2.15. The van der Waals surface area contributed by atoms with Crippen molar-refractivity contribution in [1.82, 2.24) is 10.3 Å². The van der Waals surface area contributed by atoms with Gasteiger partial charge < -0.3 is 10.1 Å². The zero-order chi connectivity index (χ0) is 11.1. The van der Waals surface area contributed by atoms with Gasteiger partial charge in [0.1, 0.15) is 0 Å². The molecule has 0 spiro atoms. The summed E-state index contributed by atoms with van der Waals surface area (Å²) in [6.07, 6.45) is 1.80. The molecule has 1 aromatic heterocycles. The zero-order valence-corrected chi connectivity index (χ0v) is 9.71. The third kappa shape index (κ3) is 4.32. The van der Waals surface area contributed by atoms with Gasteiger partial charge in [-0.05, 0) is 18.1 Å². The first kappa shape index (κ1) is 12.0. The Hall–Kier alpha value is -1.06. The predicted octanol–water partition coefficient (Wildman–Crippen LogP) is 2.32. The molecule has 0 aliphatic heterocycles. The number of hydrogen-bond acceptors (Lipinski definition) is 3. The zero-order valence-electron chi connectivity index (χ0n) is 8.96. The molecular formula is C11H15ClN2O. The number of aromatic nitrogens is 1. The van der Waals surface area contributed by atoms with Gasteiger partial charge in [0, 0.05) is 30.9 Å². The number of rotatable bonds is 5. The molecule has 0 amide bonds. The summed E-state index contributed by atoms with van der Waals surface area (Å²) in [5.74, 6) is 0.635. The van der Waals surface area contributed by atoms with Crippen LogP contribution in [0.15, 0.2) is 29.4 Å². The van der Waals surface area contributed by atoms with Gasteiger partial charge in [-0.2, -0.15) is 0 Å². The number of hydrogen-bond donors (Lipinski definition) is 1. The smallest absolute Gasteiger partial charge is 0.212 e. The number of halogens is 1. The van der Waals surface area contributed by atoms with Crippen LogP contribution in [0.2, 0.25) is 0 Å². The quantitative estimate of drug-likeness (QED) is 0.837. The van der Waals surface area contributed by atoms with Crippen molar-refractivity contribution in [2.45, 2.75) is 13.5 Å². The van der Waals surface area contributed by atoms with Crippen molar-refractivity contribution in [3.63, 3.8) is 0 Å². The van der Waals surface area contributed by atoms with Gasteiger partial charge in [-0.1, -0.05) is 17.7 Å². The van der Waals surface area contributed by atoms with Crippen LogP contribution in [0.5, 0.6) is 5.88 Å². The molecule has 1 rings (SSSR count). The highest BCUT2D eigenvalue weighted by molar-refractivity contribution is 6.25. The first-order valence-corrected chi connectivity index (χ1v) is 5.15. The highest BCUT2D eigenvalue weighted by Crippen LogP contribution is 2.06. The number of ether oxygens (including phenoxy) is 1. The second-order valence-corrected chi connectivity index (χ2v) is 3.49. The molecule has 0 aromatic carbocycles. The maximum atomic E-state index is 5.54. The van der Waals surface area contributed by atoms with Gasteiger partial charge in [-0.25, -0.2) is 4.98 Å². The third-order valence-corrected chi connectivity index (χ3v) is 2.30. The third-order valence-electron chi connectivity index (χ3n) is 1.93. The molecule has 0 saturated heterocycles. The molecule has 1 N–H and O–H groups in total. The molecule has 0 fully saturated rings. The Bertz CT molecular complexity index is 322. The Morgan fingerprint density at radius 2 is 2.40 bits per heavy atom. The summed E-state index contributed by atoms with van der Waals surface area (Å²) in [5, 5.41) is 3.26. The summed E-state index contributed by atoms with van der Waals surface area (Å²) in [5.41, 5.74) is 3.82. The molecule has 1 heterocycles. The van der Waals surface area contributed by atoms with Crippen molar-refractivity contribution in [3.05, 3.63) is 35.0 Å². The van der Waals surface area contributed by atoms with E-state index >= 15 is 0 Å². The minimum absolute atomic E-state index is 0.635. The van der Waals surface area contributed by atoms with Gasteiger partial charge in [0.2, 0.25) is 5.88 Å². The van der Waals surface area contributed by atoms with Crippen molar-refractivity contribution in [1.29, 1.82) is 0 Å². The Morgan fingerprint density at radius 3 is 2.93 bits per heavy atom. The molecule has 0 atom stereocenters. The molecule has 82 valence electrons. The molecule has 0 saturated carbocycles. The van der Waals surface area contributed by atoms with Crippen LogP contribution in [0.25, 0.3) is 0 Å². The Kier molecular flexibility index (Phi) is 5.15. The second-order valence-electron chi connectivity index (χ2n) is 3.27.